The average molecular weight is 391 g/mol. The summed E-state index contributed by atoms with van der Waals surface area (Å²) >= 11 is 0. The van der Waals surface area contributed by atoms with Gasteiger partial charge in [0.15, 0.2) is 0 Å². The molecule has 0 bridgehead atoms. The maximum Gasteiger partial charge on any atom is 0.246 e. The van der Waals surface area contributed by atoms with E-state index < -0.39 is 10.0 Å². The molecule has 0 saturated carbocycles. The number of hydrogen-bond acceptors (Lipinski definition) is 5. The normalized spacial score (nSPS) is 11.3. The molecule has 27 heavy (non-hydrogen) atoms. The quantitative estimate of drug-likeness (QED) is 0.724. The molecule has 0 heterocycles. The minimum atomic E-state index is -3.56. The van der Waals surface area contributed by atoms with Crippen molar-refractivity contribution in [3.63, 3.8) is 0 Å². The summed E-state index contributed by atoms with van der Waals surface area (Å²) in [5.41, 5.74) is 2.10. The second kappa shape index (κ2) is 8.88. The summed E-state index contributed by atoms with van der Waals surface area (Å²) in [7, 11) is 1.12. The zero-order valence-electron chi connectivity index (χ0n) is 16.1. The highest BCUT2D eigenvalue weighted by atomic mass is 32.2. The summed E-state index contributed by atoms with van der Waals surface area (Å²) in [6, 6.07) is 14.1. The number of benzene rings is 2. The molecule has 2 aromatic rings. The summed E-state index contributed by atoms with van der Waals surface area (Å²) in [5.74, 6) is -0.135. The topological polar surface area (TPSA) is 81.8 Å². The van der Waals surface area contributed by atoms with Crippen LogP contribution in [0.15, 0.2) is 53.4 Å². The number of hydrogen-bond donors (Lipinski definition) is 2. The molecule has 0 fully saturated rings. The van der Waals surface area contributed by atoms with Gasteiger partial charge in [-0.15, -0.1) is 0 Å². The van der Waals surface area contributed by atoms with E-state index in [1.54, 1.807) is 30.1 Å². The van der Waals surface area contributed by atoms with Gasteiger partial charge in [-0.2, -0.15) is 0 Å². The van der Waals surface area contributed by atoms with Crippen LogP contribution in [0.1, 0.15) is 6.92 Å². The first kappa shape index (κ1) is 20.7. The molecule has 2 aromatic carbocycles. The molecule has 146 valence electrons. The molecule has 0 saturated heterocycles. The van der Waals surface area contributed by atoms with E-state index in [2.05, 4.69) is 10.6 Å². The Morgan fingerprint density at radius 2 is 1.63 bits per heavy atom. The molecule has 7 nitrogen and oxygen atoms in total. The van der Waals surface area contributed by atoms with Crippen LogP contribution >= 0.6 is 0 Å². The molecule has 2 N–H and O–H groups in total. The van der Waals surface area contributed by atoms with Gasteiger partial charge in [0.2, 0.25) is 15.9 Å². The molecule has 0 radical (unpaired) electrons. The Hall–Kier alpha value is -2.58. The van der Waals surface area contributed by atoms with Gasteiger partial charge in [-0.25, -0.2) is 12.7 Å². The Balaban J connectivity index is 2.22. The average Bonchev–Trinajstić information content (AvgIpc) is 2.67. The molecule has 0 aromatic heterocycles. The minimum Gasteiger partial charge on any atom is -0.384 e. The third-order valence-electron chi connectivity index (χ3n) is 4.08. The van der Waals surface area contributed by atoms with Crippen molar-refractivity contribution in [3.05, 3.63) is 48.5 Å². The zero-order valence-corrected chi connectivity index (χ0v) is 16.9. The van der Waals surface area contributed by atoms with Crippen molar-refractivity contribution in [1.82, 2.24) is 4.31 Å². The van der Waals surface area contributed by atoms with E-state index in [1.807, 2.05) is 37.3 Å². The first-order valence-electron chi connectivity index (χ1n) is 8.63. The number of sulfonamides is 1. The van der Waals surface area contributed by atoms with E-state index in [9.17, 15) is 13.2 Å². The Bertz CT molecular complexity index is 883. The lowest BCUT2D eigenvalue weighted by Crippen LogP contribution is -2.32. The van der Waals surface area contributed by atoms with Crippen LogP contribution in [0.2, 0.25) is 0 Å². The zero-order chi connectivity index (χ0) is 20.0. The Morgan fingerprint density at radius 3 is 2.22 bits per heavy atom. The molecule has 0 aliphatic heterocycles. The number of carbonyl (C=O) groups is 1. The van der Waals surface area contributed by atoms with E-state index in [0.29, 0.717) is 12.2 Å². The summed E-state index contributed by atoms with van der Waals surface area (Å²) in [4.78, 5) is 14.2. The Morgan fingerprint density at radius 1 is 0.963 bits per heavy atom. The van der Waals surface area contributed by atoms with Crippen LogP contribution in [0.3, 0.4) is 0 Å². The molecule has 8 heteroatoms. The first-order valence-corrected chi connectivity index (χ1v) is 10.1. The summed E-state index contributed by atoms with van der Waals surface area (Å²) < 4.78 is 25.9. The van der Waals surface area contributed by atoms with Gasteiger partial charge in [-0.1, -0.05) is 18.2 Å². The second-order valence-electron chi connectivity index (χ2n) is 6.17. The van der Waals surface area contributed by atoms with Gasteiger partial charge in [-0.3, -0.25) is 4.79 Å². The summed E-state index contributed by atoms with van der Waals surface area (Å²) in [6.45, 7) is 2.66. The van der Waals surface area contributed by atoms with Gasteiger partial charge in [0.1, 0.15) is 0 Å². The standard InChI is InChI=1S/C19H26N4O3S/c1-5-20-17-12-11-16(27(25,26)22(2)3)13-18(17)21-14-19(24)23(4)15-9-7-6-8-10-15/h6-13,20-21H,5,14H2,1-4H3. The smallest absolute Gasteiger partial charge is 0.246 e. The SMILES string of the molecule is CCNc1ccc(S(=O)(=O)N(C)C)cc1NCC(=O)N(C)c1ccccc1. The lowest BCUT2D eigenvalue weighted by atomic mass is 10.2. The fraction of sp³-hybridized carbons (Fsp3) is 0.316. The number of rotatable bonds is 8. The van der Waals surface area contributed by atoms with E-state index in [0.717, 1.165) is 15.7 Å². The summed E-state index contributed by atoms with van der Waals surface area (Å²) in [6.07, 6.45) is 0. The van der Waals surface area contributed by atoms with Crippen LogP contribution < -0.4 is 15.5 Å². The Kier molecular flexibility index (Phi) is 6.81. The fourth-order valence-electron chi connectivity index (χ4n) is 2.47. The molecule has 0 unspecified atom stereocenters. The number of nitrogens with zero attached hydrogens (tertiary/aromatic N) is 2. The highest BCUT2D eigenvalue weighted by Crippen LogP contribution is 2.26. The molecule has 0 aliphatic rings. The van der Waals surface area contributed by atoms with E-state index in [-0.39, 0.29) is 17.3 Å². The summed E-state index contributed by atoms with van der Waals surface area (Å²) in [5, 5.41) is 6.24. The second-order valence-corrected chi connectivity index (χ2v) is 8.32. The maximum absolute atomic E-state index is 12.5. The van der Waals surface area contributed by atoms with Crippen molar-refractivity contribution in [2.75, 3.05) is 49.8 Å². The Labute approximate surface area is 161 Å². The lowest BCUT2D eigenvalue weighted by molar-refractivity contribution is -0.116. The van der Waals surface area contributed by atoms with Gasteiger partial charge in [0, 0.05) is 33.4 Å². The van der Waals surface area contributed by atoms with Crippen LogP contribution in [0.4, 0.5) is 17.1 Å². The number of carbonyl (C=O) groups excluding carboxylic acids is 1. The van der Waals surface area contributed by atoms with Crippen LogP contribution in [0.25, 0.3) is 0 Å². The molecular weight excluding hydrogens is 364 g/mol. The number of amides is 1. The molecule has 1 amide bonds. The van der Waals surface area contributed by atoms with Crippen molar-refractivity contribution in [2.24, 2.45) is 0 Å². The van der Waals surface area contributed by atoms with Crippen LogP contribution in [-0.4, -0.2) is 52.9 Å². The number of likely N-dealkylation sites (N-methyl/N-ethyl adjacent to an activating group) is 1. The van der Waals surface area contributed by atoms with Crippen molar-refractivity contribution in [1.29, 1.82) is 0 Å². The third kappa shape index (κ3) is 4.99. The number of para-hydroxylation sites is 1. The van der Waals surface area contributed by atoms with Crippen LogP contribution in [0, 0.1) is 0 Å². The van der Waals surface area contributed by atoms with Crippen LogP contribution in [0.5, 0.6) is 0 Å². The predicted molar refractivity (Wildman–Crippen MR) is 110 cm³/mol. The van der Waals surface area contributed by atoms with Crippen molar-refractivity contribution < 1.29 is 13.2 Å². The van der Waals surface area contributed by atoms with Gasteiger partial charge in [-0.05, 0) is 37.3 Å². The van der Waals surface area contributed by atoms with Crippen molar-refractivity contribution >= 4 is 33.0 Å². The van der Waals surface area contributed by atoms with Gasteiger partial charge in [0.05, 0.1) is 22.8 Å². The molecule has 2 rings (SSSR count). The van der Waals surface area contributed by atoms with E-state index in [4.69, 9.17) is 0 Å². The highest BCUT2D eigenvalue weighted by Gasteiger charge is 2.19. The molecule has 0 atom stereocenters. The van der Waals surface area contributed by atoms with Gasteiger partial charge in [0.25, 0.3) is 0 Å². The molecular formula is C19H26N4O3S. The predicted octanol–water partition coefficient (Wildman–Crippen LogP) is 2.44. The van der Waals surface area contributed by atoms with Gasteiger partial charge < -0.3 is 15.5 Å². The first-order chi connectivity index (χ1) is 12.8. The largest absolute Gasteiger partial charge is 0.384 e. The molecule has 0 aliphatic carbocycles. The number of anilines is 3. The fourth-order valence-corrected chi connectivity index (χ4v) is 3.40. The maximum atomic E-state index is 12.5. The number of nitrogens with one attached hydrogen (secondary N) is 2. The third-order valence-corrected chi connectivity index (χ3v) is 5.90. The highest BCUT2D eigenvalue weighted by molar-refractivity contribution is 7.89. The van der Waals surface area contributed by atoms with Crippen molar-refractivity contribution in [3.8, 4) is 0 Å². The molecule has 0 spiro atoms. The van der Waals surface area contributed by atoms with E-state index >= 15 is 0 Å². The van der Waals surface area contributed by atoms with Crippen LogP contribution in [-0.2, 0) is 14.8 Å². The van der Waals surface area contributed by atoms with Gasteiger partial charge >= 0.3 is 0 Å². The van der Waals surface area contributed by atoms with Crippen molar-refractivity contribution in [2.45, 2.75) is 11.8 Å². The monoisotopic (exact) mass is 390 g/mol. The lowest BCUT2D eigenvalue weighted by Gasteiger charge is -2.20. The minimum absolute atomic E-state index is 0.0370. The van der Waals surface area contributed by atoms with E-state index in [1.165, 1.54) is 14.1 Å².